The van der Waals surface area contributed by atoms with Gasteiger partial charge in [-0.1, -0.05) is 24.3 Å². The number of carbonyl (C=O) groups excluding carboxylic acids is 2. The molecule has 1 amide bonds. The molecule has 1 aromatic heterocycles. The average Bonchev–Trinajstić information content (AvgIpc) is 3.18. The number of nitrogens with zero attached hydrogens (tertiary/aromatic N) is 2. The normalized spacial score (nSPS) is 16.5. The third-order valence-electron chi connectivity index (χ3n) is 4.61. The molecule has 25 heavy (non-hydrogen) atoms. The summed E-state index contributed by atoms with van der Waals surface area (Å²) in [5.74, 6) is -0.0489. The molecule has 0 saturated carbocycles. The van der Waals surface area contributed by atoms with Crippen LogP contribution in [-0.2, 0) is 9.53 Å². The summed E-state index contributed by atoms with van der Waals surface area (Å²) < 4.78 is 10.2. The third kappa shape index (κ3) is 3.58. The van der Waals surface area contributed by atoms with Gasteiger partial charge < -0.3 is 14.1 Å². The van der Waals surface area contributed by atoms with E-state index in [1.165, 1.54) is 13.4 Å². The topological polar surface area (TPSA) is 63.0 Å². The van der Waals surface area contributed by atoms with Gasteiger partial charge in [0.05, 0.1) is 13.4 Å². The van der Waals surface area contributed by atoms with Crippen LogP contribution in [0.3, 0.4) is 0 Å². The zero-order valence-corrected chi connectivity index (χ0v) is 14.5. The highest BCUT2D eigenvalue weighted by Gasteiger charge is 2.33. The smallest absolute Gasteiger partial charge is 0.327 e. The van der Waals surface area contributed by atoms with Crippen molar-refractivity contribution in [2.24, 2.45) is 0 Å². The van der Waals surface area contributed by atoms with Crippen LogP contribution in [0.15, 0.2) is 47.1 Å². The molecule has 1 aliphatic heterocycles. The van der Waals surface area contributed by atoms with E-state index in [4.69, 9.17) is 9.15 Å². The molecule has 1 unspecified atom stereocenters. The fraction of sp³-hybridized carbons (Fsp3) is 0.368. The van der Waals surface area contributed by atoms with Crippen LogP contribution in [-0.4, -0.2) is 55.0 Å². The van der Waals surface area contributed by atoms with E-state index in [1.807, 2.05) is 31.2 Å². The van der Waals surface area contributed by atoms with Gasteiger partial charge in [-0.25, -0.2) is 4.79 Å². The third-order valence-corrected chi connectivity index (χ3v) is 4.61. The van der Waals surface area contributed by atoms with Gasteiger partial charge in [0.1, 0.15) is 6.04 Å². The van der Waals surface area contributed by atoms with Crippen LogP contribution in [0.1, 0.15) is 27.7 Å². The maximum atomic E-state index is 12.4. The van der Waals surface area contributed by atoms with E-state index in [0.717, 1.165) is 11.1 Å². The molecule has 132 valence electrons. The van der Waals surface area contributed by atoms with Gasteiger partial charge in [0.2, 0.25) is 0 Å². The molecule has 1 aliphatic rings. The summed E-state index contributed by atoms with van der Waals surface area (Å²) in [6.07, 6.45) is 1.49. The van der Waals surface area contributed by atoms with Gasteiger partial charge in [0.25, 0.3) is 5.91 Å². The number of carbonyl (C=O) groups is 2. The number of hydrogen-bond acceptors (Lipinski definition) is 5. The lowest BCUT2D eigenvalue weighted by atomic mass is 9.99. The molecule has 2 aromatic rings. The maximum Gasteiger partial charge on any atom is 0.327 e. The first-order valence-corrected chi connectivity index (χ1v) is 8.32. The molecular formula is C19H22N2O4. The summed E-state index contributed by atoms with van der Waals surface area (Å²) >= 11 is 0. The minimum atomic E-state index is -0.452. The van der Waals surface area contributed by atoms with Crippen molar-refractivity contribution < 1.29 is 18.7 Å². The monoisotopic (exact) mass is 342 g/mol. The average molecular weight is 342 g/mol. The van der Waals surface area contributed by atoms with Gasteiger partial charge in [0, 0.05) is 26.2 Å². The molecular weight excluding hydrogens is 320 g/mol. The maximum absolute atomic E-state index is 12.4. The minimum Gasteiger partial charge on any atom is -0.468 e. The molecule has 1 atom stereocenters. The van der Waals surface area contributed by atoms with E-state index in [2.05, 4.69) is 4.90 Å². The summed E-state index contributed by atoms with van der Waals surface area (Å²) in [5, 5.41) is 0. The fourth-order valence-corrected chi connectivity index (χ4v) is 3.22. The highest BCUT2D eigenvalue weighted by Crippen LogP contribution is 2.26. The van der Waals surface area contributed by atoms with Gasteiger partial charge in [0.15, 0.2) is 5.76 Å². The van der Waals surface area contributed by atoms with E-state index in [9.17, 15) is 9.59 Å². The van der Waals surface area contributed by atoms with Crippen molar-refractivity contribution in [2.75, 3.05) is 33.3 Å². The first-order valence-electron chi connectivity index (χ1n) is 8.32. The molecule has 6 heteroatoms. The zero-order chi connectivity index (χ0) is 17.8. The Bertz CT molecular complexity index is 734. The van der Waals surface area contributed by atoms with Crippen molar-refractivity contribution >= 4 is 11.9 Å². The minimum absolute atomic E-state index is 0.116. The van der Waals surface area contributed by atoms with Gasteiger partial charge >= 0.3 is 5.97 Å². The van der Waals surface area contributed by atoms with Gasteiger partial charge in [-0.2, -0.15) is 0 Å². The number of piperazine rings is 1. The largest absolute Gasteiger partial charge is 0.468 e. The summed E-state index contributed by atoms with van der Waals surface area (Å²) in [7, 11) is 1.41. The number of amides is 1. The van der Waals surface area contributed by atoms with E-state index in [-0.39, 0.29) is 11.9 Å². The van der Waals surface area contributed by atoms with Crippen LogP contribution in [0, 0.1) is 6.92 Å². The summed E-state index contributed by atoms with van der Waals surface area (Å²) in [5.41, 5.74) is 1.99. The van der Waals surface area contributed by atoms with Crippen LogP contribution in [0.5, 0.6) is 0 Å². The lowest BCUT2D eigenvalue weighted by molar-refractivity contribution is -0.148. The second-order valence-electron chi connectivity index (χ2n) is 6.09. The van der Waals surface area contributed by atoms with Crippen molar-refractivity contribution in [1.29, 1.82) is 0 Å². The van der Waals surface area contributed by atoms with Crippen molar-refractivity contribution in [3.05, 3.63) is 59.5 Å². The Hall–Kier alpha value is -2.60. The van der Waals surface area contributed by atoms with E-state index < -0.39 is 6.04 Å². The van der Waals surface area contributed by atoms with Gasteiger partial charge in [-0.3, -0.25) is 9.69 Å². The highest BCUT2D eigenvalue weighted by molar-refractivity contribution is 5.91. The molecule has 0 aliphatic carbocycles. The molecule has 1 aromatic carbocycles. The highest BCUT2D eigenvalue weighted by atomic mass is 16.5. The fourth-order valence-electron chi connectivity index (χ4n) is 3.22. The van der Waals surface area contributed by atoms with Crippen molar-refractivity contribution in [3.63, 3.8) is 0 Å². The summed E-state index contributed by atoms with van der Waals surface area (Å²) in [6.45, 7) is 4.26. The summed E-state index contributed by atoms with van der Waals surface area (Å²) in [6, 6.07) is 10.7. The Kier molecular flexibility index (Phi) is 5.19. The molecule has 0 bridgehead atoms. The van der Waals surface area contributed by atoms with Gasteiger partial charge in [-0.05, 0) is 30.2 Å². The number of ether oxygens (including phenoxy) is 1. The van der Waals surface area contributed by atoms with Crippen LogP contribution in [0.4, 0.5) is 0 Å². The Balaban J connectivity index is 1.73. The number of rotatable bonds is 4. The van der Waals surface area contributed by atoms with E-state index >= 15 is 0 Å². The molecule has 0 radical (unpaired) electrons. The Labute approximate surface area is 147 Å². The Morgan fingerprint density at radius 3 is 2.40 bits per heavy atom. The SMILES string of the molecule is COC(=O)C(c1ccccc1C)N1CCN(C(=O)c2ccco2)CC1. The second-order valence-corrected chi connectivity index (χ2v) is 6.09. The predicted octanol–water partition coefficient (Wildman–Crippen LogP) is 2.26. The van der Waals surface area contributed by atoms with E-state index in [0.29, 0.717) is 31.9 Å². The quantitative estimate of drug-likeness (QED) is 0.798. The standard InChI is InChI=1S/C19H22N2O4/c1-14-6-3-4-7-15(14)17(19(23)24-2)20-9-11-21(12-10-20)18(22)16-8-5-13-25-16/h3-8,13,17H,9-12H2,1-2H3. The molecule has 0 spiro atoms. The van der Waals surface area contributed by atoms with Crippen LogP contribution in [0.25, 0.3) is 0 Å². The number of methoxy groups -OCH3 is 1. The molecule has 1 saturated heterocycles. The first-order chi connectivity index (χ1) is 12.1. The zero-order valence-electron chi connectivity index (χ0n) is 14.5. The number of furan rings is 1. The second kappa shape index (κ2) is 7.53. The van der Waals surface area contributed by atoms with Crippen LogP contribution < -0.4 is 0 Å². The molecule has 3 rings (SSSR count). The van der Waals surface area contributed by atoms with Gasteiger partial charge in [-0.15, -0.1) is 0 Å². The van der Waals surface area contributed by atoms with E-state index in [1.54, 1.807) is 17.0 Å². The first kappa shape index (κ1) is 17.2. The lowest BCUT2D eigenvalue weighted by Gasteiger charge is -2.38. The molecule has 6 nitrogen and oxygen atoms in total. The van der Waals surface area contributed by atoms with Crippen molar-refractivity contribution in [2.45, 2.75) is 13.0 Å². The van der Waals surface area contributed by atoms with Crippen LogP contribution in [0.2, 0.25) is 0 Å². The van der Waals surface area contributed by atoms with Crippen LogP contribution >= 0.6 is 0 Å². The molecule has 2 heterocycles. The van der Waals surface area contributed by atoms with Crippen molar-refractivity contribution in [1.82, 2.24) is 9.80 Å². The number of hydrogen-bond donors (Lipinski definition) is 0. The van der Waals surface area contributed by atoms with Crippen molar-refractivity contribution in [3.8, 4) is 0 Å². The predicted molar refractivity (Wildman–Crippen MR) is 92.1 cm³/mol. The lowest BCUT2D eigenvalue weighted by Crippen LogP contribution is -2.51. The Morgan fingerprint density at radius 2 is 1.80 bits per heavy atom. The number of aryl methyl sites for hydroxylation is 1. The number of benzene rings is 1. The molecule has 0 N–H and O–H groups in total. The summed E-state index contributed by atoms with van der Waals surface area (Å²) in [4.78, 5) is 28.6. The molecule has 1 fully saturated rings. The number of esters is 1. The Morgan fingerprint density at radius 1 is 1.08 bits per heavy atom.